The van der Waals surface area contributed by atoms with Crippen molar-refractivity contribution in [3.8, 4) is 0 Å². The lowest BCUT2D eigenvalue weighted by molar-refractivity contribution is 0.265. The summed E-state index contributed by atoms with van der Waals surface area (Å²) in [5, 5.41) is 0. The Morgan fingerprint density at radius 2 is 0.917 bits per heavy atom. The largest absolute Gasteiger partial charge is 0.0770 e. The molecular weight excluding hydrogens is 142 g/mol. The number of rotatable bonds is 0. The van der Waals surface area contributed by atoms with Crippen molar-refractivity contribution in [1.82, 2.24) is 0 Å². The lowest BCUT2D eigenvalue weighted by atomic mass is 9.09. The van der Waals surface area contributed by atoms with E-state index in [1.165, 1.54) is 0 Å². The van der Waals surface area contributed by atoms with E-state index in [1.807, 2.05) is 0 Å². The average molecular weight is 162 g/mol. The highest BCUT2D eigenvalue weighted by Crippen LogP contribution is 2.53. The second-order valence-electron chi connectivity index (χ2n) is 6.17. The van der Waals surface area contributed by atoms with Crippen LogP contribution >= 0.6 is 0 Å². The second kappa shape index (κ2) is 2.82. The topological polar surface area (TPSA) is 0 Å². The first-order chi connectivity index (χ1) is 5.23. The summed E-state index contributed by atoms with van der Waals surface area (Å²) >= 11 is 0. The van der Waals surface area contributed by atoms with Gasteiger partial charge in [0.2, 0.25) is 0 Å². The van der Waals surface area contributed by atoms with Crippen molar-refractivity contribution in [1.29, 1.82) is 0 Å². The van der Waals surface area contributed by atoms with Crippen molar-refractivity contribution in [2.75, 3.05) is 0 Å². The van der Waals surface area contributed by atoms with E-state index in [2.05, 4.69) is 55.9 Å². The van der Waals surface area contributed by atoms with E-state index in [0.29, 0.717) is 10.8 Å². The van der Waals surface area contributed by atoms with E-state index in [0.717, 1.165) is 11.6 Å². The molecule has 2 heteroatoms. The SMILES string of the molecule is CC(C)(C)C1[B][B]C1C(C)(C)C. The third-order valence-corrected chi connectivity index (χ3v) is 2.91. The van der Waals surface area contributed by atoms with Crippen LogP contribution in [0.15, 0.2) is 0 Å². The van der Waals surface area contributed by atoms with Crippen molar-refractivity contribution in [3.05, 3.63) is 0 Å². The molecule has 0 nitrogen and oxygen atoms in total. The Hall–Kier alpha value is 0.130. The summed E-state index contributed by atoms with van der Waals surface area (Å²) in [6.07, 6.45) is 0. The monoisotopic (exact) mass is 162 g/mol. The molecule has 0 N–H and O–H groups in total. The third-order valence-electron chi connectivity index (χ3n) is 2.91. The quantitative estimate of drug-likeness (QED) is 0.480. The van der Waals surface area contributed by atoms with Gasteiger partial charge in [-0.15, -0.1) is 0 Å². The Morgan fingerprint density at radius 3 is 1.00 bits per heavy atom. The van der Waals surface area contributed by atoms with Crippen LogP contribution in [0.25, 0.3) is 0 Å². The van der Waals surface area contributed by atoms with Gasteiger partial charge in [0, 0.05) is 0 Å². The van der Waals surface area contributed by atoms with Crippen molar-refractivity contribution >= 4 is 14.3 Å². The first-order valence-electron chi connectivity index (χ1n) is 4.91. The minimum atomic E-state index is 0.437. The molecule has 0 aromatic rings. The number of hydrogen-bond acceptors (Lipinski definition) is 0. The Kier molecular flexibility index (Phi) is 2.40. The average Bonchev–Trinajstić information content (AvgIpc) is 1.46. The van der Waals surface area contributed by atoms with Gasteiger partial charge in [0.15, 0.2) is 0 Å². The Morgan fingerprint density at radius 1 is 0.667 bits per heavy atom. The van der Waals surface area contributed by atoms with E-state index < -0.39 is 0 Å². The zero-order valence-electron chi connectivity index (χ0n) is 9.31. The molecule has 12 heavy (non-hydrogen) atoms. The van der Waals surface area contributed by atoms with Gasteiger partial charge in [-0.2, -0.15) is 0 Å². The fourth-order valence-corrected chi connectivity index (χ4v) is 1.99. The molecule has 0 saturated carbocycles. The van der Waals surface area contributed by atoms with Crippen molar-refractivity contribution in [2.45, 2.75) is 53.2 Å². The van der Waals surface area contributed by atoms with Gasteiger partial charge in [-0.3, -0.25) is 0 Å². The van der Waals surface area contributed by atoms with E-state index >= 15 is 0 Å². The fraction of sp³-hybridized carbons (Fsp3) is 1.00. The lowest BCUT2D eigenvalue weighted by Gasteiger charge is -2.51. The summed E-state index contributed by atoms with van der Waals surface area (Å²) in [6, 6.07) is 0. The molecule has 0 spiro atoms. The van der Waals surface area contributed by atoms with Gasteiger partial charge in [-0.25, -0.2) is 0 Å². The predicted molar refractivity (Wildman–Crippen MR) is 57.9 cm³/mol. The Balaban J connectivity index is 2.62. The zero-order valence-corrected chi connectivity index (χ0v) is 9.31. The van der Waals surface area contributed by atoms with Crippen LogP contribution < -0.4 is 0 Å². The van der Waals surface area contributed by atoms with Gasteiger partial charge in [-0.1, -0.05) is 53.2 Å². The van der Waals surface area contributed by atoms with Crippen LogP contribution in [0, 0.1) is 10.8 Å². The van der Waals surface area contributed by atoms with Crippen LogP contribution in [0.5, 0.6) is 0 Å². The predicted octanol–water partition coefficient (Wildman–Crippen LogP) is 2.99. The summed E-state index contributed by atoms with van der Waals surface area (Å²) in [5.74, 6) is 1.55. The molecule has 66 valence electrons. The maximum atomic E-state index is 2.37. The van der Waals surface area contributed by atoms with Crippen LogP contribution in [0.1, 0.15) is 41.5 Å². The van der Waals surface area contributed by atoms with Gasteiger partial charge in [0.05, 0.1) is 14.3 Å². The molecular formula is C10H20B2. The van der Waals surface area contributed by atoms with Gasteiger partial charge in [0.1, 0.15) is 0 Å². The second-order valence-corrected chi connectivity index (χ2v) is 6.17. The number of hydrogen-bond donors (Lipinski definition) is 0. The maximum absolute atomic E-state index is 2.37. The highest BCUT2D eigenvalue weighted by Gasteiger charge is 2.44. The van der Waals surface area contributed by atoms with Crippen molar-refractivity contribution in [3.63, 3.8) is 0 Å². The summed E-state index contributed by atoms with van der Waals surface area (Å²) < 4.78 is 0. The molecule has 2 unspecified atom stereocenters. The molecule has 2 atom stereocenters. The molecule has 0 aliphatic carbocycles. The van der Waals surface area contributed by atoms with Crippen LogP contribution in [-0.2, 0) is 0 Å². The highest BCUT2D eigenvalue weighted by atomic mass is 14.4. The van der Waals surface area contributed by atoms with E-state index in [1.54, 1.807) is 0 Å². The smallest absolute Gasteiger partial charge is 0.0700 e. The van der Waals surface area contributed by atoms with Crippen LogP contribution in [0.2, 0.25) is 11.6 Å². The minimum absolute atomic E-state index is 0.437. The van der Waals surface area contributed by atoms with Gasteiger partial charge >= 0.3 is 0 Å². The molecule has 0 aromatic carbocycles. The minimum Gasteiger partial charge on any atom is -0.0770 e. The van der Waals surface area contributed by atoms with Gasteiger partial charge in [-0.05, 0) is 10.8 Å². The van der Waals surface area contributed by atoms with Gasteiger partial charge in [0.25, 0.3) is 0 Å². The van der Waals surface area contributed by atoms with E-state index in [9.17, 15) is 0 Å². The molecule has 1 fully saturated rings. The van der Waals surface area contributed by atoms with E-state index in [-0.39, 0.29) is 0 Å². The molecule has 1 aliphatic heterocycles. The third kappa shape index (κ3) is 1.89. The maximum Gasteiger partial charge on any atom is 0.0700 e. The summed E-state index contributed by atoms with van der Waals surface area (Å²) in [5.41, 5.74) is 0.874. The lowest BCUT2D eigenvalue weighted by Crippen LogP contribution is -2.46. The molecule has 0 amide bonds. The molecule has 1 heterocycles. The Bertz CT molecular complexity index is 142. The first-order valence-corrected chi connectivity index (χ1v) is 4.91. The van der Waals surface area contributed by atoms with Crippen molar-refractivity contribution < 1.29 is 0 Å². The summed E-state index contributed by atoms with van der Waals surface area (Å²) in [7, 11) is 4.74. The van der Waals surface area contributed by atoms with Crippen LogP contribution in [0.4, 0.5) is 0 Å². The molecule has 1 aliphatic rings. The molecule has 2 radical (unpaired) electrons. The summed E-state index contributed by atoms with van der Waals surface area (Å²) in [4.78, 5) is 0. The molecule has 1 rings (SSSR count). The highest BCUT2D eigenvalue weighted by molar-refractivity contribution is 7.07. The van der Waals surface area contributed by atoms with Crippen molar-refractivity contribution in [2.24, 2.45) is 10.8 Å². The molecule has 0 bridgehead atoms. The first kappa shape index (κ1) is 10.2. The van der Waals surface area contributed by atoms with Gasteiger partial charge < -0.3 is 0 Å². The van der Waals surface area contributed by atoms with Crippen LogP contribution in [0.3, 0.4) is 0 Å². The molecule has 1 saturated heterocycles. The normalized spacial score (nSPS) is 30.2. The van der Waals surface area contributed by atoms with Crippen LogP contribution in [-0.4, -0.2) is 14.3 Å². The Labute approximate surface area is 79.0 Å². The summed E-state index contributed by atoms with van der Waals surface area (Å²) in [6.45, 7) is 14.0. The zero-order chi connectivity index (χ0) is 9.57. The fourth-order valence-electron chi connectivity index (χ4n) is 1.99. The standard InChI is InChI=1S/C10H20B2/c1-9(2,3)7-8(12-11-7)10(4,5)6/h7-8H,1-6H3. The van der Waals surface area contributed by atoms with E-state index in [4.69, 9.17) is 0 Å². The molecule has 0 aromatic heterocycles.